The zero-order chi connectivity index (χ0) is 22.2. The summed E-state index contributed by atoms with van der Waals surface area (Å²) < 4.78 is 48.4. The average Bonchev–Trinajstić information content (AvgIpc) is 3.04. The lowest BCUT2D eigenvalue weighted by Crippen LogP contribution is -2.37. The molecular weight excluding hydrogens is 421 g/mol. The molecule has 1 saturated carbocycles. The minimum Gasteiger partial charge on any atom is -0.489 e. The second-order valence-corrected chi connectivity index (χ2v) is 6.93. The van der Waals surface area contributed by atoms with Crippen molar-refractivity contribution in [1.82, 2.24) is 20.1 Å². The third-order valence-electron chi connectivity index (χ3n) is 4.69. The molecule has 1 fully saturated rings. The van der Waals surface area contributed by atoms with E-state index in [2.05, 4.69) is 20.1 Å². The van der Waals surface area contributed by atoms with Crippen molar-refractivity contribution in [3.05, 3.63) is 42.2 Å². The van der Waals surface area contributed by atoms with Gasteiger partial charge in [0.1, 0.15) is 17.6 Å². The number of aromatic nitrogens is 3. The van der Waals surface area contributed by atoms with E-state index in [9.17, 15) is 23.1 Å². The Morgan fingerprint density at radius 3 is 2.55 bits per heavy atom. The molecule has 12 heteroatoms. The predicted molar refractivity (Wildman–Crippen MR) is 100 cm³/mol. The SMILES string of the molecule is O=C(O)NCc1nn(-c2ccc(OC(F)(F)F)cc2)c2nccc(O[C@H]3C[C@@H](O)C3)c12. The zero-order valence-corrected chi connectivity index (χ0v) is 15.8. The van der Waals surface area contributed by atoms with Gasteiger partial charge in [-0.1, -0.05) is 0 Å². The third-order valence-corrected chi connectivity index (χ3v) is 4.69. The van der Waals surface area contributed by atoms with E-state index in [0.717, 1.165) is 12.1 Å². The molecule has 0 bridgehead atoms. The molecule has 31 heavy (non-hydrogen) atoms. The molecule has 4 rings (SSSR count). The Hall–Kier alpha value is -3.54. The number of ether oxygens (including phenoxy) is 2. The first kappa shape index (κ1) is 20.7. The van der Waals surface area contributed by atoms with Crippen LogP contribution in [-0.4, -0.2) is 49.6 Å². The number of aliphatic hydroxyl groups is 1. The van der Waals surface area contributed by atoms with E-state index in [1.807, 2.05) is 0 Å². The lowest BCUT2D eigenvalue weighted by atomic mass is 9.92. The fourth-order valence-electron chi connectivity index (χ4n) is 3.25. The fraction of sp³-hybridized carbons (Fsp3) is 0.316. The van der Waals surface area contributed by atoms with Crippen LogP contribution in [0.15, 0.2) is 36.5 Å². The van der Waals surface area contributed by atoms with E-state index < -0.39 is 18.6 Å². The van der Waals surface area contributed by atoms with Crippen molar-refractivity contribution in [1.29, 1.82) is 0 Å². The van der Waals surface area contributed by atoms with Gasteiger partial charge in [-0.2, -0.15) is 5.10 Å². The number of rotatable bonds is 6. The second kappa shape index (κ2) is 7.95. The van der Waals surface area contributed by atoms with Crippen molar-refractivity contribution >= 4 is 17.1 Å². The maximum absolute atomic E-state index is 12.4. The Bertz CT molecular complexity index is 1090. The summed E-state index contributed by atoms with van der Waals surface area (Å²) in [6.07, 6.45) is -4.23. The maximum Gasteiger partial charge on any atom is 0.573 e. The summed E-state index contributed by atoms with van der Waals surface area (Å²) in [6.45, 7) is -0.135. The van der Waals surface area contributed by atoms with E-state index in [-0.39, 0.29) is 18.4 Å². The molecule has 3 N–H and O–H groups in total. The summed E-state index contributed by atoms with van der Waals surface area (Å²) >= 11 is 0. The number of nitrogens with zero attached hydrogens (tertiary/aromatic N) is 3. The summed E-state index contributed by atoms with van der Waals surface area (Å²) in [4.78, 5) is 15.3. The molecule has 2 heterocycles. The summed E-state index contributed by atoms with van der Waals surface area (Å²) in [6, 6.07) is 6.64. The van der Waals surface area contributed by atoms with Crippen LogP contribution in [0.3, 0.4) is 0 Å². The van der Waals surface area contributed by atoms with E-state index in [1.54, 1.807) is 6.07 Å². The molecular formula is C19H17F3N4O5. The summed E-state index contributed by atoms with van der Waals surface area (Å²) in [5.74, 6) is 0.0355. The zero-order valence-electron chi connectivity index (χ0n) is 15.8. The van der Waals surface area contributed by atoms with Gasteiger partial charge in [-0.15, -0.1) is 13.2 Å². The number of alkyl halides is 3. The second-order valence-electron chi connectivity index (χ2n) is 6.93. The highest BCUT2D eigenvalue weighted by atomic mass is 19.4. The quantitative estimate of drug-likeness (QED) is 0.541. The van der Waals surface area contributed by atoms with Gasteiger partial charge in [0.2, 0.25) is 0 Å². The molecule has 0 radical (unpaired) electrons. The van der Waals surface area contributed by atoms with Gasteiger partial charge < -0.3 is 25.0 Å². The van der Waals surface area contributed by atoms with Crippen LogP contribution in [0.5, 0.6) is 11.5 Å². The highest BCUT2D eigenvalue weighted by Crippen LogP contribution is 2.34. The van der Waals surface area contributed by atoms with Crippen LogP contribution in [0.25, 0.3) is 16.7 Å². The van der Waals surface area contributed by atoms with E-state index in [0.29, 0.717) is 41.0 Å². The van der Waals surface area contributed by atoms with E-state index in [1.165, 1.54) is 23.0 Å². The van der Waals surface area contributed by atoms with Gasteiger partial charge in [0.05, 0.1) is 29.4 Å². The number of amides is 1. The maximum atomic E-state index is 12.4. The number of aliphatic hydroxyl groups excluding tert-OH is 1. The van der Waals surface area contributed by atoms with Crippen molar-refractivity contribution in [3.63, 3.8) is 0 Å². The highest BCUT2D eigenvalue weighted by molar-refractivity contribution is 5.86. The molecule has 0 aliphatic heterocycles. The van der Waals surface area contributed by atoms with Crippen molar-refractivity contribution < 1.29 is 37.7 Å². The number of benzene rings is 1. The van der Waals surface area contributed by atoms with Crippen LogP contribution in [0.1, 0.15) is 18.5 Å². The third kappa shape index (κ3) is 4.63. The molecule has 0 atom stereocenters. The average molecular weight is 438 g/mol. The minimum atomic E-state index is -4.81. The van der Waals surface area contributed by atoms with E-state index >= 15 is 0 Å². The summed E-state index contributed by atoms with van der Waals surface area (Å²) in [7, 11) is 0. The van der Waals surface area contributed by atoms with Gasteiger partial charge in [0.25, 0.3) is 0 Å². The highest BCUT2D eigenvalue weighted by Gasteiger charge is 2.31. The first-order valence-corrected chi connectivity index (χ1v) is 9.24. The lowest BCUT2D eigenvalue weighted by molar-refractivity contribution is -0.274. The number of halogens is 3. The summed E-state index contributed by atoms with van der Waals surface area (Å²) in [5.41, 5.74) is 1.06. The minimum absolute atomic E-state index is 0.135. The molecule has 0 unspecified atom stereocenters. The number of pyridine rings is 1. The van der Waals surface area contributed by atoms with Gasteiger partial charge in [0, 0.05) is 19.0 Å². The Morgan fingerprint density at radius 1 is 1.23 bits per heavy atom. The standard InChI is InChI=1S/C19H17F3N4O5/c20-19(21,22)31-12-3-1-10(2-4-12)26-17-16(14(25-26)9-24-18(28)29)15(5-6-23-17)30-13-7-11(27)8-13/h1-6,11,13,24,27H,7-9H2,(H,28,29)/t11-,13+. The van der Waals surface area contributed by atoms with Crippen LogP contribution in [0.2, 0.25) is 0 Å². The van der Waals surface area contributed by atoms with Crippen molar-refractivity contribution in [2.75, 3.05) is 0 Å². The number of hydrogen-bond acceptors (Lipinski definition) is 6. The predicted octanol–water partition coefficient (Wildman–Crippen LogP) is 2.99. The molecule has 3 aromatic rings. The van der Waals surface area contributed by atoms with Gasteiger partial charge in [-0.25, -0.2) is 14.5 Å². The molecule has 1 aromatic carbocycles. The normalized spacial score (nSPS) is 18.5. The molecule has 0 spiro atoms. The van der Waals surface area contributed by atoms with Crippen LogP contribution < -0.4 is 14.8 Å². The number of carbonyl (C=O) groups is 1. The number of carboxylic acid groups (broad SMARTS) is 1. The smallest absolute Gasteiger partial charge is 0.489 e. The largest absolute Gasteiger partial charge is 0.573 e. The number of fused-ring (bicyclic) bond motifs is 1. The molecule has 9 nitrogen and oxygen atoms in total. The van der Waals surface area contributed by atoms with Crippen LogP contribution in [0, 0.1) is 0 Å². The van der Waals surface area contributed by atoms with Gasteiger partial charge in [0.15, 0.2) is 5.65 Å². The Morgan fingerprint density at radius 2 is 1.94 bits per heavy atom. The van der Waals surface area contributed by atoms with Crippen molar-refractivity contribution in [2.45, 2.75) is 38.0 Å². The topological polar surface area (TPSA) is 119 Å². The summed E-state index contributed by atoms with van der Waals surface area (Å²) in [5, 5.41) is 25.6. The molecule has 1 aliphatic carbocycles. The number of hydrogen-bond donors (Lipinski definition) is 3. The monoisotopic (exact) mass is 438 g/mol. The molecule has 164 valence electrons. The van der Waals surface area contributed by atoms with Gasteiger partial charge >= 0.3 is 12.5 Å². The lowest BCUT2D eigenvalue weighted by Gasteiger charge is -2.31. The molecule has 2 aromatic heterocycles. The van der Waals surface area contributed by atoms with Crippen molar-refractivity contribution in [3.8, 4) is 17.2 Å². The van der Waals surface area contributed by atoms with Gasteiger partial charge in [-0.05, 0) is 30.3 Å². The number of nitrogens with one attached hydrogen (secondary N) is 1. The first-order chi connectivity index (χ1) is 14.7. The van der Waals surface area contributed by atoms with Crippen molar-refractivity contribution in [2.24, 2.45) is 0 Å². The Balaban J connectivity index is 1.72. The molecule has 0 saturated heterocycles. The Kier molecular flexibility index (Phi) is 5.31. The first-order valence-electron chi connectivity index (χ1n) is 9.24. The van der Waals surface area contributed by atoms with Crippen LogP contribution >= 0.6 is 0 Å². The van der Waals surface area contributed by atoms with Gasteiger partial charge in [-0.3, -0.25) is 0 Å². The molecule has 1 amide bonds. The van der Waals surface area contributed by atoms with Crippen LogP contribution in [-0.2, 0) is 6.54 Å². The fourth-order valence-corrected chi connectivity index (χ4v) is 3.25. The van der Waals surface area contributed by atoms with E-state index in [4.69, 9.17) is 9.84 Å². The Labute approximate surface area is 173 Å². The van der Waals surface area contributed by atoms with Crippen LogP contribution in [0.4, 0.5) is 18.0 Å². The molecule has 1 aliphatic rings.